The summed E-state index contributed by atoms with van der Waals surface area (Å²) < 4.78 is 6.04. The van der Waals surface area contributed by atoms with Crippen molar-refractivity contribution in [3.8, 4) is 11.4 Å². The average Bonchev–Trinajstić information content (AvgIpc) is 3.27. The second kappa shape index (κ2) is 8.28. The Labute approximate surface area is 175 Å². The fourth-order valence-corrected chi connectivity index (χ4v) is 3.87. The van der Waals surface area contributed by atoms with Crippen LogP contribution >= 0.6 is 15.9 Å². The van der Waals surface area contributed by atoms with E-state index in [0.29, 0.717) is 12.2 Å². The second-order valence-corrected chi connectivity index (χ2v) is 7.93. The van der Waals surface area contributed by atoms with Crippen LogP contribution in [0.25, 0.3) is 11.4 Å². The van der Waals surface area contributed by atoms with Gasteiger partial charge in [-0.2, -0.15) is 4.98 Å². The van der Waals surface area contributed by atoms with Gasteiger partial charge >= 0.3 is 17.8 Å². The number of nitrogens with zero attached hydrogens (tertiary/aromatic N) is 4. The summed E-state index contributed by atoms with van der Waals surface area (Å²) in [4.78, 5) is 43.3. The number of benzene rings is 1. The van der Waals surface area contributed by atoms with Crippen LogP contribution < -0.4 is 0 Å². The molecule has 4 amide bonds. The summed E-state index contributed by atoms with van der Waals surface area (Å²) in [5.41, 5.74) is 1.96. The molecule has 0 spiro atoms. The first-order valence-corrected chi connectivity index (χ1v) is 10.3. The second-order valence-electron chi connectivity index (χ2n) is 7.01. The molecule has 0 bridgehead atoms. The molecule has 2 aliphatic rings. The van der Waals surface area contributed by atoms with Crippen LogP contribution in [0.3, 0.4) is 0 Å². The Bertz CT molecular complexity index is 1000. The highest BCUT2D eigenvalue weighted by molar-refractivity contribution is 9.10. The number of urea groups is 1. The number of amides is 4. The number of carbonyl (C=O) groups excluding carboxylic acids is 3. The van der Waals surface area contributed by atoms with Crippen molar-refractivity contribution in [3.63, 3.8) is 0 Å². The molecular formula is C20H19BrN4O4. The van der Waals surface area contributed by atoms with Crippen LogP contribution in [0.15, 0.2) is 44.9 Å². The standard InChI is InChI=1S/C20H19BrN4O4/c21-15-8-4-7-14(11-15)17-22-16(29-23-17)12-25-19(27)18(26)24(20(25)28)10-9-13-5-2-1-3-6-13/h4-5,7-8,11H,1-3,6,9-10,12H2. The highest BCUT2D eigenvalue weighted by atomic mass is 79.9. The number of halogens is 1. The number of imide groups is 2. The number of aromatic nitrogens is 2. The average molecular weight is 459 g/mol. The minimum atomic E-state index is -0.866. The van der Waals surface area contributed by atoms with Crippen molar-refractivity contribution in [2.75, 3.05) is 6.54 Å². The van der Waals surface area contributed by atoms with Crippen molar-refractivity contribution < 1.29 is 18.9 Å². The largest absolute Gasteiger partial charge is 0.337 e. The van der Waals surface area contributed by atoms with Gasteiger partial charge in [-0.15, -0.1) is 0 Å². The van der Waals surface area contributed by atoms with Gasteiger partial charge in [-0.3, -0.25) is 14.5 Å². The number of rotatable bonds is 6. The summed E-state index contributed by atoms with van der Waals surface area (Å²) in [6, 6.07) is 6.71. The lowest BCUT2D eigenvalue weighted by Crippen LogP contribution is -2.34. The summed E-state index contributed by atoms with van der Waals surface area (Å²) in [6.45, 7) is -0.0253. The van der Waals surface area contributed by atoms with Gasteiger partial charge in [0.1, 0.15) is 6.54 Å². The molecule has 1 fully saturated rings. The molecule has 0 saturated carbocycles. The Morgan fingerprint density at radius 1 is 1.10 bits per heavy atom. The van der Waals surface area contributed by atoms with E-state index in [4.69, 9.17) is 4.52 Å². The molecule has 1 aromatic heterocycles. The highest BCUT2D eigenvalue weighted by Crippen LogP contribution is 2.24. The topological polar surface area (TPSA) is 96.6 Å². The zero-order valence-electron chi connectivity index (χ0n) is 15.6. The zero-order chi connectivity index (χ0) is 20.4. The fraction of sp³-hybridized carbons (Fsp3) is 0.350. The predicted octanol–water partition coefficient (Wildman–Crippen LogP) is 3.68. The van der Waals surface area contributed by atoms with Crippen LogP contribution in [-0.2, 0) is 16.1 Å². The minimum Gasteiger partial charge on any atom is -0.337 e. The van der Waals surface area contributed by atoms with Gasteiger partial charge in [-0.05, 0) is 44.2 Å². The zero-order valence-corrected chi connectivity index (χ0v) is 17.2. The van der Waals surface area contributed by atoms with E-state index >= 15 is 0 Å². The maximum absolute atomic E-state index is 12.6. The van der Waals surface area contributed by atoms with E-state index in [1.54, 1.807) is 0 Å². The van der Waals surface area contributed by atoms with E-state index in [-0.39, 0.29) is 19.0 Å². The third-order valence-corrected chi connectivity index (χ3v) is 5.51. The Hall–Kier alpha value is -2.81. The lowest BCUT2D eigenvalue weighted by Gasteiger charge is -2.17. The lowest BCUT2D eigenvalue weighted by atomic mass is 9.97. The summed E-state index contributed by atoms with van der Waals surface area (Å²) >= 11 is 3.38. The van der Waals surface area contributed by atoms with Crippen molar-refractivity contribution in [2.45, 2.75) is 38.6 Å². The van der Waals surface area contributed by atoms with Crippen molar-refractivity contribution >= 4 is 33.8 Å². The van der Waals surface area contributed by atoms with Gasteiger partial charge in [0.25, 0.3) is 0 Å². The van der Waals surface area contributed by atoms with E-state index in [2.05, 4.69) is 32.1 Å². The molecule has 0 unspecified atom stereocenters. The van der Waals surface area contributed by atoms with Gasteiger partial charge in [-0.25, -0.2) is 9.69 Å². The summed E-state index contributed by atoms with van der Waals surface area (Å²) in [5.74, 6) is -1.24. The first-order valence-electron chi connectivity index (χ1n) is 9.46. The van der Waals surface area contributed by atoms with Gasteiger partial charge in [0.2, 0.25) is 11.7 Å². The fourth-order valence-electron chi connectivity index (χ4n) is 3.47. The molecule has 150 valence electrons. The Kier molecular flexibility index (Phi) is 5.57. The molecule has 2 aromatic rings. The number of allylic oxidation sites excluding steroid dienone is 1. The summed E-state index contributed by atoms with van der Waals surface area (Å²) in [5, 5.41) is 3.89. The molecule has 1 aromatic carbocycles. The van der Waals surface area contributed by atoms with Crippen LogP contribution in [0.4, 0.5) is 4.79 Å². The molecule has 1 saturated heterocycles. The predicted molar refractivity (Wildman–Crippen MR) is 106 cm³/mol. The third kappa shape index (κ3) is 4.14. The molecule has 9 heteroatoms. The monoisotopic (exact) mass is 458 g/mol. The smallest absolute Gasteiger partial charge is 0.334 e. The van der Waals surface area contributed by atoms with Gasteiger partial charge in [0.05, 0.1) is 0 Å². The van der Waals surface area contributed by atoms with Crippen LogP contribution in [0, 0.1) is 0 Å². The van der Waals surface area contributed by atoms with Gasteiger partial charge in [-0.1, -0.05) is 44.9 Å². The quantitative estimate of drug-likeness (QED) is 0.372. The van der Waals surface area contributed by atoms with Crippen LogP contribution in [0.1, 0.15) is 38.0 Å². The Morgan fingerprint density at radius 3 is 2.69 bits per heavy atom. The van der Waals surface area contributed by atoms with E-state index in [1.165, 1.54) is 12.0 Å². The minimum absolute atomic E-state index is 0.0892. The van der Waals surface area contributed by atoms with Gasteiger partial charge in [0, 0.05) is 16.6 Å². The van der Waals surface area contributed by atoms with Gasteiger partial charge in [0.15, 0.2) is 0 Å². The molecule has 4 rings (SSSR count). The van der Waals surface area contributed by atoms with Crippen LogP contribution in [0.2, 0.25) is 0 Å². The first-order chi connectivity index (χ1) is 14.0. The number of hydrogen-bond donors (Lipinski definition) is 0. The maximum atomic E-state index is 12.6. The van der Waals surface area contributed by atoms with E-state index < -0.39 is 17.8 Å². The Morgan fingerprint density at radius 2 is 1.93 bits per heavy atom. The third-order valence-electron chi connectivity index (χ3n) is 5.02. The Balaban J connectivity index is 1.43. The SMILES string of the molecule is O=C1C(=O)N(Cc2nc(-c3cccc(Br)c3)no2)C(=O)N1CCC1=CCCCC1. The first kappa shape index (κ1) is 19.5. The molecule has 0 radical (unpaired) electrons. The van der Waals surface area contributed by atoms with E-state index in [9.17, 15) is 14.4 Å². The van der Waals surface area contributed by atoms with Crippen molar-refractivity contribution in [3.05, 3.63) is 46.3 Å². The molecule has 0 atom stereocenters. The number of carbonyl (C=O) groups is 3. The van der Waals surface area contributed by atoms with Crippen molar-refractivity contribution in [2.24, 2.45) is 0 Å². The maximum Gasteiger partial charge on any atom is 0.334 e. The molecule has 1 aliphatic heterocycles. The normalized spacial score (nSPS) is 17.3. The van der Waals surface area contributed by atoms with Crippen molar-refractivity contribution in [1.82, 2.24) is 19.9 Å². The number of hydrogen-bond acceptors (Lipinski definition) is 6. The summed E-state index contributed by atoms with van der Waals surface area (Å²) in [6.07, 6.45) is 7.07. The molecule has 1 aliphatic carbocycles. The van der Waals surface area contributed by atoms with Crippen LogP contribution in [0.5, 0.6) is 0 Å². The highest BCUT2D eigenvalue weighted by Gasteiger charge is 2.44. The summed E-state index contributed by atoms with van der Waals surface area (Å²) in [7, 11) is 0. The van der Waals surface area contributed by atoms with E-state index in [0.717, 1.165) is 39.1 Å². The molecular weight excluding hydrogens is 440 g/mol. The molecule has 0 N–H and O–H groups in total. The van der Waals surface area contributed by atoms with Crippen LogP contribution in [-0.4, -0.2) is 44.3 Å². The van der Waals surface area contributed by atoms with Crippen molar-refractivity contribution in [1.29, 1.82) is 0 Å². The molecule has 8 nitrogen and oxygen atoms in total. The molecule has 2 heterocycles. The van der Waals surface area contributed by atoms with E-state index in [1.807, 2.05) is 24.3 Å². The van der Waals surface area contributed by atoms with Gasteiger partial charge < -0.3 is 4.52 Å². The lowest BCUT2D eigenvalue weighted by molar-refractivity contribution is -0.143. The molecule has 29 heavy (non-hydrogen) atoms.